The van der Waals surface area contributed by atoms with E-state index in [1.807, 2.05) is 0 Å². The number of oxime groups is 1. The molecule has 106 valence electrons. The van der Waals surface area contributed by atoms with Crippen molar-refractivity contribution in [3.05, 3.63) is 22.7 Å². The van der Waals surface area contributed by atoms with Crippen molar-refractivity contribution in [1.29, 1.82) is 0 Å². The molecule has 1 aromatic rings. The van der Waals surface area contributed by atoms with Crippen molar-refractivity contribution < 1.29 is 24.3 Å². The number of carboxylic acid groups (broad SMARTS) is 1. The van der Waals surface area contributed by atoms with Gasteiger partial charge in [0.25, 0.3) is 5.91 Å². The van der Waals surface area contributed by atoms with Crippen LogP contribution < -0.4 is 10.1 Å². The van der Waals surface area contributed by atoms with Crippen molar-refractivity contribution >= 4 is 39.2 Å². The molecule has 0 bridgehead atoms. The lowest BCUT2D eigenvalue weighted by atomic mass is 10.1. The highest BCUT2D eigenvalue weighted by Gasteiger charge is 2.31. The lowest BCUT2D eigenvalue weighted by molar-refractivity contribution is -0.129. The Kier molecular flexibility index (Phi) is 4.23. The topological polar surface area (TPSA) is 97.2 Å². The molecule has 2 N–H and O–H groups in total. The third-order valence-corrected chi connectivity index (χ3v) is 3.33. The number of benzene rings is 1. The summed E-state index contributed by atoms with van der Waals surface area (Å²) in [6, 6.07) is 5.09. The summed E-state index contributed by atoms with van der Waals surface area (Å²) in [4.78, 5) is 27.5. The molecule has 1 heterocycles. The first-order chi connectivity index (χ1) is 9.51. The number of nitrogens with one attached hydrogen (secondary N) is 1. The fourth-order valence-corrected chi connectivity index (χ4v) is 1.93. The number of amides is 1. The highest BCUT2D eigenvalue weighted by atomic mass is 79.9. The Balaban J connectivity index is 2.04. The van der Waals surface area contributed by atoms with E-state index < -0.39 is 18.0 Å². The quantitative estimate of drug-likeness (QED) is 0.866. The molecule has 0 fully saturated rings. The molecule has 0 spiro atoms. The summed E-state index contributed by atoms with van der Waals surface area (Å²) in [5, 5.41) is 14.7. The van der Waals surface area contributed by atoms with Gasteiger partial charge in [-0.15, -0.1) is 0 Å². The van der Waals surface area contributed by atoms with Crippen LogP contribution in [-0.2, 0) is 14.4 Å². The Labute approximate surface area is 122 Å². The van der Waals surface area contributed by atoms with Crippen LogP contribution in [0.3, 0.4) is 0 Å². The first-order valence-corrected chi connectivity index (χ1v) is 6.41. The van der Waals surface area contributed by atoms with E-state index in [1.54, 1.807) is 18.2 Å². The van der Waals surface area contributed by atoms with Crippen LogP contribution in [0, 0.1) is 0 Å². The van der Waals surface area contributed by atoms with Crippen molar-refractivity contribution in [1.82, 2.24) is 0 Å². The number of ether oxygens (including phenoxy) is 1. The predicted octanol–water partition coefficient (Wildman–Crippen LogP) is 1.63. The highest BCUT2D eigenvalue weighted by Crippen LogP contribution is 2.27. The molecule has 1 aliphatic heterocycles. The van der Waals surface area contributed by atoms with Gasteiger partial charge in [-0.25, -0.2) is 4.79 Å². The smallest absolute Gasteiger partial charge is 0.353 e. The lowest BCUT2D eigenvalue weighted by Crippen LogP contribution is -2.29. The molecular formula is C12H11BrN2O5. The third-order valence-electron chi connectivity index (χ3n) is 2.64. The van der Waals surface area contributed by atoms with Gasteiger partial charge in [0.15, 0.2) is 5.71 Å². The number of carboxylic acids is 1. The first kappa shape index (κ1) is 14.3. The Bertz CT molecular complexity index is 587. The average molecular weight is 343 g/mol. The molecule has 0 saturated carbocycles. The van der Waals surface area contributed by atoms with E-state index in [0.29, 0.717) is 15.9 Å². The summed E-state index contributed by atoms with van der Waals surface area (Å²) in [5.74, 6) is -1.08. The summed E-state index contributed by atoms with van der Waals surface area (Å²) in [7, 11) is 1.52. The van der Waals surface area contributed by atoms with E-state index in [9.17, 15) is 9.59 Å². The summed E-state index contributed by atoms with van der Waals surface area (Å²) < 4.78 is 5.73. The van der Waals surface area contributed by atoms with E-state index in [2.05, 4.69) is 26.4 Å². The maximum atomic E-state index is 12.0. The monoisotopic (exact) mass is 342 g/mol. The van der Waals surface area contributed by atoms with Gasteiger partial charge < -0.3 is 20.0 Å². The predicted molar refractivity (Wildman–Crippen MR) is 73.9 cm³/mol. The van der Waals surface area contributed by atoms with Gasteiger partial charge in [0.1, 0.15) is 5.75 Å². The van der Waals surface area contributed by atoms with Crippen molar-refractivity contribution in [2.45, 2.75) is 12.5 Å². The van der Waals surface area contributed by atoms with Gasteiger partial charge in [-0.05, 0) is 28.1 Å². The van der Waals surface area contributed by atoms with Crippen LogP contribution in [0.5, 0.6) is 5.75 Å². The van der Waals surface area contributed by atoms with Crippen LogP contribution >= 0.6 is 15.9 Å². The minimum atomic E-state index is -1.19. The maximum absolute atomic E-state index is 12.0. The van der Waals surface area contributed by atoms with Gasteiger partial charge in [0, 0.05) is 17.0 Å². The van der Waals surface area contributed by atoms with E-state index in [-0.39, 0.29) is 12.1 Å². The molecule has 0 aromatic heterocycles. The minimum Gasteiger partial charge on any atom is -0.497 e. The van der Waals surface area contributed by atoms with E-state index in [1.165, 1.54) is 7.11 Å². The second-order valence-corrected chi connectivity index (χ2v) is 4.83. The zero-order valence-corrected chi connectivity index (χ0v) is 12.0. The number of aliphatic carboxylic acids is 1. The SMILES string of the molecule is COc1ccc(Br)c(NC(=O)C2CC(C(=O)O)=NO2)c1. The Morgan fingerprint density at radius 2 is 2.30 bits per heavy atom. The molecule has 0 saturated heterocycles. The molecule has 1 atom stereocenters. The standard InChI is InChI=1S/C12H11BrN2O5/c1-19-6-2-3-7(13)8(4-6)14-11(16)10-5-9(12(17)18)15-20-10/h2-4,10H,5H2,1H3,(H,14,16)(H,17,18). The molecule has 2 rings (SSSR count). The summed E-state index contributed by atoms with van der Waals surface area (Å²) >= 11 is 3.30. The van der Waals surface area contributed by atoms with Gasteiger partial charge in [-0.3, -0.25) is 4.79 Å². The number of hydrogen-bond donors (Lipinski definition) is 2. The van der Waals surface area contributed by atoms with Crippen LogP contribution in [0.1, 0.15) is 6.42 Å². The van der Waals surface area contributed by atoms with Crippen molar-refractivity contribution in [2.75, 3.05) is 12.4 Å². The fourth-order valence-electron chi connectivity index (χ4n) is 1.58. The van der Waals surface area contributed by atoms with Crippen molar-refractivity contribution in [3.63, 3.8) is 0 Å². The summed E-state index contributed by atoms with van der Waals surface area (Å²) in [5.41, 5.74) is 0.330. The molecule has 20 heavy (non-hydrogen) atoms. The Hall–Kier alpha value is -2.09. The molecule has 0 radical (unpaired) electrons. The largest absolute Gasteiger partial charge is 0.497 e. The second-order valence-electron chi connectivity index (χ2n) is 3.98. The zero-order valence-electron chi connectivity index (χ0n) is 10.4. The lowest BCUT2D eigenvalue weighted by Gasteiger charge is -2.11. The highest BCUT2D eigenvalue weighted by molar-refractivity contribution is 9.10. The number of anilines is 1. The molecular weight excluding hydrogens is 332 g/mol. The van der Waals surface area contributed by atoms with Crippen LogP contribution in [0.25, 0.3) is 0 Å². The van der Waals surface area contributed by atoms with Crippen LogP contribution in [0.4, 0.5) is 5.69 Å². The number of carbonyl (C=O) groups is 2. The first-order valence-electron chi connectivity index (χ1n) is 5.61. The molecule has 0 aliphatic carbocycles. The number of carbonyl (C=O) groups excluding carboxylic acids is 1. The van der Waals surface area contributed by atoms with Crippen LogP contribution in [-0.4, -0.2) is 35.9 Å². The number of methoxy groups -OCH3 is 1. The Morgan fingerprint density at radius 1 is 1.55 bits per heavy atom. The molecule has 1 aromatic carbocycles. The number of halogens is 1. The fraction of sp³-hybridized carbons (Fsp3) is 0.250. The van der Waals surface area contributed by atoms with E-state index >= 15 is 0 Å². The van der Waals surface area contributed by atoms with Gasteiger partial charge in [-0.1, -0.05) is 5.16 Å². The van der Waals surface area contributed by atoms with E-state index in [0.717, 1.165) is 0 Å². The summed E-state index contributed by atoms with van der Waals surface area (Å²) in [6.07, 6.45) is -1.01. The number of hydrogen-bond acceptors (Lipinski definition) is 5. The van der Waals surface area contributed by atoms with Crippen LogP contribution in [0.15, 0.2) is 27.8 Å². The minimum absolute atomic E-state index is 0.0667. The molecule has 1 aliphatic rings. The van der Waals surface area contributed by atoms with Gasteiger partial charge >= 0.3 is 5.97 Å². The zero-order chi connectivity index (χ0) is 14.7. The van der Waals surface area contributed by atoms with E-state index in [4.69, 9.17) is 14.7 Å². The second kappa shape index (κ2) is 5.91. The van der Waals surface area contributed by atoms with Crippen molar-refractivity contribution in [3.8, 4) is 5.75 Å². The maximum Gasteiger partial charge on any atom is 0.353 e. The van der Waals surface area contributed by atoms with Gasteiger partial charge in [0.2, 0.25) is 6.10 Å². The molecule has 7 nitrogen and oxygen atoms in total. The molecule has 1 amide bonds. The normalized spacial score (nSPS) is 17.1. The summed E-state index contributed by atoms with van der Waals surface area (Å²) in [6.45, 7) is 0. The molecule has 8 heteroatoms. The van der Waals surface area contributed by atoms with Crippen LogP contribution in [0.2, 0.25) is 0 Å². The Morgan fingerprint density at radius 3 is 2.90 bits per heavy atom. The number of nitrogens with zero attached hydrogens (tertiary/aromatic N) is 1. The third kappa shape index (κ3) is 3.08. The van der Waals surface area contributed by atoms with Crippen molar-refractivity contribution in [2.24, 2.45) is 5.16 Å². The van der Waals surface area contributed by atoms with Gasteiger partial charge in [-0.2, -0.15) is 0 Å². The number of rotatable bonds is 4. The average Bonchev–Trinajstić information content (AvgIpc) is 2.91. The van der Waals surface area contributed by atoms with Gasteiger partial charge in [0.05, 0.1) is 12.8 Å². The molecule has 1 unspecified atom stereocenters.